The van der Waals surface area contributed by atoms with Gasteiger partial charge in [-0.3, -0.25) is 4.79 Å². The second kappa shape index (κ2) is 8.14. The molecule has 0 unspecified atom stereocenters. The molecule has 8 heteroatoms. The maximum atomic E-state index is 12.2. The van der Waals surface area contributed by atoms with Gasteiger partial charge in [0.15, 0.2) is 0 Å². The van der Waals surface area contributed by atoms with Gasteiger partial charge in [-0.05, 0) is 25.0 Å². The van der Waals surface area contributed by atoms with Crippen molar-refractivity contribution >= 4 is 27.5 Å². The van der Waals surface area contributed by atoms with Gasteiger partial charge in [0.1, 0.15) is 9.84 Å². The molecule has 0 radical (unpaired) electrons. The van der Waals surface area contributed by atoms with Crippen molar-refractivity contribution in [3.05, 3.63) is 30.3 Å². The molecule has 1 aliphatic rings. The van der Waals surface area contributed by atoms with Crippen molar-refractivity contribution in [1.82, 2.24) is 10.2 Å². The number of carbonyl (C=O) groups excluding carboxylic acids is 2. The highest BCUT2D eigenvalue weighted by Crippen LogP contribution is 2.19. The molecule has 0 saturated carbocycles. The minimum Gasteiger partial charge on any atom is -0.337 e. The number of rotatable bonds is 5. The van der Waals surface area contributed by atoms with Crippen LogP contribution in [0.3, 0.4) is 0 Å². The van der Waals surface area contributed by atoms with Gasteiger partial charge in [-0.2, -0.15) is 0 Å². The Morgan fingerprint density at radius 3 is 2.38 bits per heavy atom. The first-order valence-electron chi connectivity index (χ1n) is 7.91. The second-order valence-electron chi connectivity index (χ2n) is 5.98. The zero-order chi connectivity index (χ0) is 17.6. The quantitative estimate of drug-likeness (QED) is 0.828. The van der Waals surface area contributed by atoms with Crippen LogP contribution in [0.1, 0.15) is 12.8 Å². The number of likely N-dealkylation sites (tertiary alicyclic amines) is 1. The van der Waals surface area contributed by atoms with Gasteiger partial charge in [0, 0.05) is 37.5 Å². The van der Waals surface area contributed by atoms with E-state index in [-0.39, 0.29) is 30.2 Å². The molecule has 3 amide bonds. The Bertz CT molecular complexity index is 668. The molecule has 24 heavy (non-hydrogen) atoms. The molecule has 1 aromatic rings. The summed E-state index contributed by atoms with van der Waals surface area (Å²) in [5, 5.41) is 5.48. The number of anilines is 1. The molecule has 1 fully saturated rings. The van der Waals surface area contributed by atoms with E-state index in [0.717, 1.165) is 11.9 Å². The van der Waals surface area contributed by atoms with Gasteiger partial charge in [0.05, 0.1) is 5.75 Å². The summed E-state index contributed by atoms with van der Waals surface area (Å²) in [6.45, 7) is 1.07. The summed E-state index contributed by atoms with van der Waals surface area (Å²) < 4.78 is 22.1. The van der Waals surface area contributed by atoms with Crippen LogP contribution in [-0.4, -0.2) is 56.9 Å². The summed E-state index contributed by atoms with van der Waals surface area (Å²) >= 11 is 0. The summed E-state index contributed by atoms with van der Waals surface area (Å²) in [7, 11) is -3.09. The maximum absolute atomic E-state index is 12.2. The highest BCUT2D eigenvalue weighted by molar-refractivity contribution is 7.90. The van der Waals surface area contributed by atoms with Crippen LogP contribution in [-0.2, 0) is 14.6 Å². The van der Waals surface area contributed by atoms with Gasteiger partial charge in [-0.25, -0.2) is 13.2 Å². The van der Waals surface area contributed by atoms with Crippen molar-refractivity contribution in [1.29, 1.82) is 0 Å². The fourth-order valence-electron chi connectivity index (χ4n) is 2.57. The number of nitrogens with one attached hydrogen (secondary N) is 2. The fourth-order valence-corrected chi connectivity index (χ4v) is 3.04. The predicted octanol–water partition coefficient (Wildman–Crippen LogP) is 1.09. The average molecular weight is 353 g/mol. The standard InChI is InChI=1S/C16H23N3O4S/c1-24(22,23)12-9-17-16(21)19-10-7-13(8-11-19)15(20)18-14-5-3-2-4-6-14/h2-6,13H,7-12H2,1H3,(H,17,21)(H,18,20). The van der Waals surface area contributed by atoms with Gasteiger partial charge in [-0.1, -0.05) is 18.2 Å². The van der Waals surface area contributed by atoms with Crippen LogP contribution < -0.4 is 10.6 Å². The van der Waals surface area contributed by atoms with E-state index in [9.17, 15) is 18.0 Å². The van der Waals surface area contributed by atoms with Crippen molar-refractivity contribution in [3.63, 3.8) is 0 Å². The molecule has 0 bridgehead atoms. The molecule has 7 nitrogen and oxygen atoms in total. The summed E-state index contributed by atoms with van der Waals surface area (Å²) in [6.07, 6.45) is 2.33. The lowest BCUT2D eigenvalue weighted by Gasteiger charge is -2.31. The Morgan fingerprint density at radius 2 is 1.79 bits per heavy atom. The first-order chi connectivity index (χ1) is 11.3. The SMILES string of the molecule is CS(=O)(=O)CCNC(=O)N1CCC(C(=O)Nc2ccccc2)CC1. The summed E-state index contributed by atoms with van der Waals surface area (Å²) in [4.78, 5) is 25.8. The Hall–Kier alpha value is -2.09. The molecule has 0 aromatic heterocycles. The number of sulfone groups is 1. The molecule has 1 aliphatic heterocycles. The number of nitrogens with zero attached hydrogens (tertiary/aromatic N) is 1. The third-order valence-corrected chi connectivity index (χ3v) is 4.89. The van der Waals surface area contributed by atoms with Gasteiger partial charge in [-0.15, -0.1) is 0 Å². The molecular formula is C16H23N3O4S. The molecule has 1 aromatic carbocycles. The van der Waals surface area contributed by atoms with Crippen molar-refractivity contribution in [2.24, 2.45) is 5.92 Å². The van der Waals surface area contributed by atoms with Crippen LogP contribution in [0, 0.1) is 5.92 Å². The third-order valence-electron chi connectivity index (χ3n) is 3.94. The van der Waals surface area contributed by atoms with E-state index in [2.05, 4.69) is 10.6 Å². The molecule has 0 aliphatic carbocycles. The molecule has 132 valence electrons. The normalized spacial score (nSPS) is 15.8. The van der Waals surface area contributed by atoms with E-state index >= 15 is 0 Å². The van der Waals surface area contributed by atoms with E-state index in [1.807, 2.05) is 30.3 Å². The second-order valence-corrected chi connectivity index (χ2v) is 8.24. The Morgan fingerprint density at radius 1 is 1.17 bits per heavy atom. The predicted molar refractivity (Wildman–Crippen MR) is 92.5 cm³/mol. The number of hydrogen-bond acceptors (Lipinski definition) is 4. The molecular weight excluding hydrogens is 330 g/mol. The number of piperidine rings is 1. The molecule has 2 rings (SSSR count). The number of amides is 3. The number of benzene rings is 1. The van der Waals surface area contributed by atoms with Crippen molar-refractivity contribution in [2.45, 2.75) is 12.8 Å². The number of hydrogen-bond donors (Lipinski definition) is 2. The van der Waals surface area contributed by atoms with E-state index < -0.39 is 9.84 Å². The Labute approximate surface area is 142 Å². The smallest absolute Gasteiger partial charge is 0.317 e. The summed E-state index contributed by atoms with van der Waals surface area (Å²) in [6, 6.07) is 9.00. The number of carbonyl (C=O) groups is 2. The van der Waals surface area contributed by atoms with Gasteiger partial charge < -0.3 is 15.5 Å². The lowest BCUT2D eigenvalue weighted by Crippen LogP contribution is -2.46. The van der Waals surface area contributed by atoms with Crippen molar-refractivity contribution < 1.29 is 18.0 Å². The van der Waals surface area contributed by atoms with E-state index in [4.69, 9.17) is 0 Å². The lowest BCUT2D eigenvalue weighted by molar-refractivity contribution is -0.121. The lowest BCUT2D eigenvalue weighted by atomic mass is 9.96. The highest BCUT2D eigenvalue weighted by atomic mass is 32.2. The summed E-state index contributed by atoms with van der Waals surface area (Å²) in [5.74, 6) is -0.224. The minimum absolute atomic E-state index is 0.0293. The van der Waals surface area contributed by atoms with Crippen LogP contribution in [0.25, 0.3) is 0 Å². The fraction of sp³-hybridized carbons (Fsp3) is 0.500. The van der Waals surface area contributed by atoms with Gasteiger partial charge in [0.2, 0.25) is 5.91 Å². The van der Waals surface area contributed by atoms with Crippen molar-refractivity contribution in [2.75, 3.05) is 37.0 Å². The molecule has 1 saturated heterocycles. The van der Waals surface area contributed by atoms with E-state index in [1.165, 1.54) is 0 Å². The zero-order valence-electron chi connectivity index (χ0n) is 13.7. The van der Waals surface area contributed by atoms with E-state index in [0.29, 0.717) is 25.9 Å². The van der Waals surface area contributed by atoms with Gasteiger partial charge >= 0.3 is 6.03 Å². The zero-order valence-corrected chi connectivity index (χ0v) is 14.5. The first-order valence-corrected chi connectivity index (χ1v) is 9.97. The molecule has 2 N–H and O–H groups in total. The van der Waals surface area contributed by atoms with Crippen LogP contribution in [0.15, 0.2) is 30.3 Å². The Balaban J connectivity index is 1.74. The first kappa shape index (κ1) is 18.3. The van der Waals surface area contributed by atoms with E-state index in [1.54, 1.807) is 4.90 Å². The number of para-hydroxylation sites is 1. The minimum atomic E-state index is -3.09. The van der Waals surface area contributed by atoms with Crippen molar-refractivity contribution in [3.8, 4) is 0 Å². The van der Waals surface area contributed by atoms with Crippen LogP contribution in [0.2, 0.25) is 0 Å². The molecule has 0 spiro atoms. The number of urea groups is 1. The Kier molecular flexibility index (Phi) is 6.19. The molecule has 0 atom stereocenters. The van der Waals surface area contributed by atoms with Gasteiger partial charge in [0.25, 0.3) is 0 Å². The largest absolute Gasteiger partial charge is 0.337 e. The maximum Gasteiger partial charge on any atom is 0.317 e. The van der Waals surface area contributed by atoms with Crippen LogP contribution >= 0.6 is 0 Å². The summed E-state index contributed by atoms with van der Waals surface area (Å²) in [5.41, 5.74) is 0.767. The monoisotopic (exact) mass is 353 g/mol. The van der Waals surface area contributed by atoms with Crippen LogP contribution in [0.5, 0.6) is 0 Å². The van der Waals surface area contributed by atoms with Crippen LogP contribution in [0.4, 0.5) is 10.5 Å². The highest BCUT2D eigenvalue weighted by Gasteiger charge is 2.27. The third kappa shape index (κ3) is 5.84. The average Bonchev–Trinajstić information content (AvgIpc) is 2.54. The molecule has 1 heterocycles. The topological polar surface area (TPSA) is 95.6 Å².